The van der Waals surface area contributed by atoms with E-state index >= 15 is 0 Å². The van der Waals surface area contributed by atoms with Crippen LogP contribution in [0.5, 0.6) is 0 Å². The summed E-state index contributed by atoms with van der Waals surface area (Å²) in [5, 5.41) is 15.2. The Hall–Kier alpha value is -3.09. The number of benzene rings is 1. The Morgan fingerprint density at radius 3 is 2.24 bits per heavy atom. The van der Waals surface area contributed by atoms with Gasteiger partial charge in [0.25, 0.3) is 0 Å². The number of halogens is 1. The molecule has 1 aromatic carbocycles. The molecule has 194 valence electrons. The van der Waals surface area contributed by atoms with Gasteiger partial charge in [0.15, 0.2) is 0 Å². The fourth-order valence-electron chi connectivity index (χ4n) is 8.43. The second-order valence-corrected chi connectivity index (χ2v) is 12.0. The molecule has 0 radical (unpaired) electrons. The van der Waals surface area contributed by atoms with Gasteiger partial charge in [-0.2, -0.15) is 0 Å². The summed E-state index contributed by atoms with van der Waals surface area (Å²) in [5.74, 6) is 1.07. The van der Waals surface area contributed by atoms with E-state index in [9.17, 15) is 14.0 Å². The summed E-state index contributed by atoms with van der Waals surface area (Å²) in [4.78, 5) is 31.0. The average Bonchev–Trinajstić information content (AvgIpc) is 3.39. The molecule has 37 heavy (non-hydrogen) atoms. The highest BCUT2D eigenvalue weighted by Gasteiger charge is 2.59. The number of nitrogens with one attached hydrogen (secondary N) is 3. The lowest BCUT2D eigenvalue weighted by atomic mass is 9.45. The first kappa shape index (κ1) is 24.3. The summed E-state index contributed by atoms with van der Waals surface area (Å²) in [6, 6.07) is 9.98. The molecule has 2 unspecified atom stereocenters. The van der Waals surface area contributed by atoms with Gasteiger partial charge < -0.3 is 16.0 Å². The Balaban J connectivity index is 1.13. The molecule has 5 aliphatic carbocycles. The average molecular weight is 503 g/mol. The summed E-state index contributed by atoms with van der Waals surface area (Å²) in [6.07, 6.45) is 11.5. The summed E-state index contributed by atoms with van der Waals surface area (Å²) < 4.78 is 13.5. The van der Waals surface area contributed by atoms with Crippen LogP contribution in [-0.4, -0.2) is 29.1 Å². The highest BCUT2D eigenvalue weighted by atomic mass is 19.1. The van der Waals surface area contributed by atoms with Crippen molar-refractivity contribution in [3.05, 3.63) is 60.2 Å². The molecular weight excluding hydrogens is 467 g/mol. The summed E-state index contributed by atoms with van der Waals surface area (Å²) in [7, 11) is 0. The zero-order chi connectivity index (χ0) is 25.6. The number of carbonyl (C=O) groups excluding carboxylic acids is 2. The van der Waals surface area contributed by atoms with Crippen molar-refractivity contribution in [1.82, 2.24) is 10.3 Å². The van der Waals surface area contributed by atoms with Crippen LogP contribution in [0, 0.1) is 40.3 Å². The van der Waals surface area contributed by atoms with E-state index in [0.717, 1.165) is 69.0 Å². The number of carbonyl (C=O) groups is 2. The minimum atomic E-state index is -0.632. The molecule has 4 bridgehead atoms. The zero-order valence-corrected chi connectivity index (χ0v) is 21.1. The molecule has 1 aromatic heterocycles. The normalized spacial score (nSPS) is 31.2. The Kier molecular flexibility index (Phi) is 6.12. The molecule has 7 rings (SSSR count). The lowest BCUT2D eigenvalue weighted by molar-refractivity contribution is -0.143. The van der Waals surface area contributed by atoms with Crippen molar-refractivity contribution in [3.63, 3.8) is 0 Å². The van der Waals surface area contributed by atoms with Crippen LogP contribution in [0.25, 0.3) is 0 Å². The molecule has 2 aromatic rings. The van der Waals surface area contributed by atoms with Crippen LogP contribution in [0.2, 0.25) is 0 Å². The predicted octanol–water partition coefficient (Wildman–Crippen LogP) is 5.25. The van der Waals surface area contributed by atoms with Crippen molar-refractivity contribution in [2.45, 2.75) is 63.2 Å². The number of aromatic nitrogens is 1. The lowest BCUT2D eigenvalue weighted by Crippen LogP contribution is -2.58. The minimum Gasteiger partial charge on any atom is -0.350 e. The third-order valence-corrected chi connectivity index (χ3v) is 9.82. The number of hydrogen-bond acceptors (Lipinski definition) is 4. The first-order valence-electron chi connectivity index (χ1n) is 13.7. The molecule has 0 spiro atoms. The van der Waals surface area contributed by atoms with E-state index in [0.29, 0.717) is 23.5 Å². The molecule has 5 aliphatic rings. The van der Waals surface area contributed by atoms with Crippen LogP contribution in [-0.2, 0) is 15.0 Å². The van der Waals surface area contributed by atoms with Gasteiger partial charge in [-0.15, -0.1) is 0 Å². The first-order chi connectivity index (χ1) is 17.9. The topological polar surface area (TPSA) is 94.9 Å². The molecule has 0 aliphatic heterocycles. The standard InChI is InChI=1S/C30H35FN4O2/c31-23-5-3-22(4-6-23)30(9-1-2-10-30)28(37)34-18-25(32)26-20-13-19-14-21(26)17-29(15-19,16-20)27(36)35-24-7-11-33-12-8-24/h3-8,11-12,19-21,26,32H,1-2,9-10,13-18H2,(H,34,37)(H,33,35,36). The van der Waals surface area contributed by atoms with Crippen molar-refractivity contribution in [3.8, 4) is 0 Å². The largest absolute Gasteiger partial charge is 0.350 e. The predicted molar refractivity (Wildman–Crippen MR) is 140 cm³/mol. The van der Waals surface area contributed by atoms with Gasteiger partial charge in [-0.3, -0.25) is 14.6 Å². The van der Waals surface area contributed by atoms with Gasteiger partial charge in [0.05, 0.1) is 17.4 Å². The van der Waals surface area contributed by atoms with Crippen LogP contribution >= 0.6 is 0 Å². The molecule has 5 saturated carbocycles. The summed E-state index contributed by atoms with van der Waals surface area (Å²) >= 11 is 0. The summed E-state index contributed by atoms with van der Waals surface area (Å²) in [6.45, 7) is 0.250. The maximum absolute atomic E-state index is 13.5. The smallest absolute Gasteiger partial charge is 0.230 e. The second-order valence-electron chi connectivity index (χ2n) is 12.0. The van der Waals surface area contributed by atoms with Gasteiger partial charge in [0, 0.05) is 29.7 Å². The quantitative estimate of drug-likeness (QED) is 0.451. The van der Waals surface area contributed by atoms with Gasteiger partial charge in [-0.1, -0.05) is 25.0 Å². The third-order valence-electron chi connectivity index (χ3n) is 9.82. The van der Waals surface area contributed by atoms with Crippen molar-refractivity contribution in [1.29, 1.82) is 5.41 Å². The fraction of sp³-hybridized carbons (Fsp3) is 0.533. The van der Waals surface area contributed by atoms with Crippen LogP contribution in [0.15, 0.2) is 48.8 Å². The highest BCUT2D eigenvalue weighted by molar-refractivity contribution is 5.97. The Bertz CT molecular complexity index is 1180. The van der Waals surface area contributed by atoms with E-state index < -0.39 is 5.41 Å². The molecule has 1 heterocycles. The molecule has 2 amide bonds. The zero-order valence-electron chi connectivity index (χ0n) is 21.1. The molecule has 2 atom stereocenters. The number of pyridine rings is 1. The Labute approximate surface area is 217 Å². The van der Waals surface area contributed by atoms with Gasteiger partial charge in [-0.25, -0.2) is 4.39 Å². The van der Waals surface area contributed by atoms with Gasteiger partial charge >= 0.3 is 0 Å². The summed E-state index contributed by atoms with van der Waals surface area (Å²) in [5.41, 5.74) is 1.26. The maximum Gasteiger partial charge on any atom is 0.230 e. The Morgan fingerprint density at radius 2 is 1.59 bits per heavy atom. The Morgan fingerprint density at radius 1 is 0.946 bits per heavy atom. The number of amides is 2. The van der Waals surface area contributed by atoms with Crippen molar-refractivity contribution in [2.75, 3.05) is 11.9 Å². The number of anilines is 1. The van der Waals surface area contributed by atoms with E-state index in [4.69, 9.17) is 5.41 Å². The number of nitrogens with zero attached hydrogens (tertiary/aromatic N) is 1. The van der Waals surface area contributed by atoms with Crippen molar-refractivity contribution < 1.29 is 14.0 Å². The van der Waals surface area contributed by atoms with E-state index in [2.05, 4.69) is 15.6 Å². The van der Waals surface area contributed by atoms with Crippen LogP contribution in [0.1, 0.15) is 63.4 Å². The fourth-order valence-corrected chi connectivity index (χ4v) is 8.43. The van der Waals surface area contributed by atoms with Gasteiger partial charge in [0.1, 0.15) is 5.82 Å². The van der Waals surface area contributed by atoms with Gasteiger partial charge in [-0.05, 0) is 92.5 Å². The molecule has 7 heteroatoms. The molecular formula is C30H35FN4O2. The minimum absolute atomic E-state index is 0.0432. The van der Waals surface area contributed by atoms with E-state index in [1.807, 2.05) is 12.1 Å². The van der Waals surface area contributed by atoms with Gasteiger partial charge in [0.2, 0.25) is 11.8 Å². The van der Waals surface area contributed by atoms with Crippen LogP contribution in [0.4, 0.5) is 10.1 Å². The van der Waals surface area contributed by atoms with E-state index in [1.54, 1.807) is 24.5 Å². The van der Waals surface area contributed by atoms with Crippen molar-refractivity contribution in [2.24, 2.45) is 29.1 Å². The molecule has 3 N–H and O–H groups in total. The SMILES string of the molecule is N=C(CNC(=O)C1(c2ccc(F)cc2)CCCC1)C1C2CC3CC1CC(C(=O)Nc1ccncc1)(C3)C2. The van der Waals surface area contributed by atoms with Crippen LogP contribution < -0.4 is 10.6 Å². The molecule has 0 saturated heterocycles. The van der Waals surface area contributed by atoms with E-state index in [-0.39, 0.29) is 35.5 Å². The second kappa shape index (κ2) is 9.34. The van der Waals surface area contributed by atoms with Crippen molar-refractivity contribution >= 4 is 23.2 Å². The first-order valence-corrected chi connectivity index (χ1v) is 13.7. The van der Waals surface area contributed by atoms with E-state index in [1.165, 1.54) is 12.1 Å². The number of hydrogen-bond donors (Lipinski definition) is 3. The highest BCUT2D eigenvalue weighted by Crippen LogP contribution is 2.62. The molecule has 6 nitrogen and oxygen atoms in total. The third kappa shape index (κ3) is 4.26. The monoisotopic (exact) mass is 502 g/mol. The number of rotatable bonds is 7. The maximum atomic E-state index is 13.5. The van der Waals surface area contributed by atoms with Crippen LogP contribution in [0.3, 0.4) is 0 Å². The molecule has 5 fully saturated rings. The lowest BCUT2D eigenvalue weighted by Gasteiger charge is -2.59.